The number of rotatable bonds is 0. The molecule has 3 rings (SSSR count). The predicted octanol–water partition coefficient (Wildman–Crippen LogP) is 2.76. The lowest BCUT2D eigenvalue weighted by Gasteiger charge is -2.05. The van der Waals surface area contributed by atoms with E-state index in [1.807, 2.05) is 24.3 Å². The van der Waals surface area contributed by atoms with Gasteiger partial charge in [-0.05, 0) is 35.8 Å². The van der Waals surface area contributed by atoms with Crippen molar-refractivity contribution in [2.45, 2.75) is 0 Å². The molecule has 0 spiro atoms. The lowest BCUT2D eigenvalue weighted by Crippen LogP contribution is -1.98. The van der Waals surface area contributed by atoms with Gasteiger partial charge in [-0.2, -0.15) is 4.37 Å². The average molecular weight is 213 g/mol. The fraction of sp³-hybridized carbons (Fsp3) is 0. The van der Waals surface area contributed by atoms with Crippen molar-refractivity contribution in [2.75, 3.05) is 0 Å². The third kappa shape index (κ3) is 1.32. The van der Waals surface area contributed by atoms with Gasteiger partial charge in [0, 0.05) is 10.9 Å². The van der Waals surface area contributed by atoms with Crippen molar-refractivity contribution in [2.24, 2.45) is 0 Å². The summed E-state index contributed by atoms with van der Waals surface area (Å²) in [6.45, 7) is 0. The fourth-order valence-corrected chi connectivity index (χ4v) is 2.45. The monoisotopic (exact) mass is 213 g/mol. The standard InChI is InChI=1S/C12H7NOS/c14-8-5-6-11-10(7-8)9-3-1-2-4-12(9)15-13-11/h1-7H. The van der Waals surface area contributed by atoms with Gasteiger partial charge in [-0.1, -0.05) is 18.2 Å². The first-order valence-corrected chi connectivity index (χ1v) is 5.40. The first-order chi connectivity index (χ1) is 7.34. The van der Waals surface area contributed by atoms with Crippen LogP contribution in [0.4, 0.5) is 0 Å². The Morgan fingerprint density at radius 3 is 2.87 bits per heavy atom. The summed E-state index contributed by atoms with van der Waals surface area (Å²) in [7, 11) is 0. The SMILES string of the molecule is O=c1ccc2nsc3ccccc3c-2c1. The second-order valence-corrected chi connectivity index (χ2v) is 4.16. The van der Waals surface area contributed by atoms with Crippen LogP contribution in [0.3, 0.4) is 0 Å². The number of nitrogens with zero attached hydrogens (tertiary/aromatic N) is 1. The minimum Gasteiger partial charge on any atom is -0.290 e. The van der Waals surface area contributed by atoms with Crippen molar-refractivity contribution >= 4 is 21.6 Å². The van der Waals surface area contributed by atoms with Gasteiger partial charge in [0.15, 0.2) is 5.43 Å². The minimum absolute atomic E-state index is 0.0330. The molecule has 1 aliphatic heterocycles. The molecule has 0 N–H and O–H groups in total. The van der Waals surface area contributed by atoms with Crippen LogP contribution in [0.25, 0.3) is 21.3 Å². The molecule has 72 valence electrons. The molecule has 15 heavy (non-hydrogen) atoms. The van der Waals surface area contributed by atoms with E-state index in [1.54, 1.807) is 18.2 Å². The summed E-state index contributed by atoms with van der Waals surface area (Å²) >= 11 is 1.46. The molecular formula is C12H7NOS. The van der Waals surface area contributed by atoms with Gasteiger partial charge >= 0.3 is 0 Å². The van der Waals surface area contributed by atoms with E-state index in [0.29, 0.717) is 0 Å². The first-order valence-electron chi connectivity index (χ1n) is 4.63. The molecule has 0 amide bonds. The maximum atomic E-state index is 11.3. The van der Waals surface area contributed by atoms with Crippen molar-refractivity contribution < 1.29 is 0 Å². The molecule has 0 fully saturated rings. The topological polar surface area (TPSA) is 30.0 Å². The van der Waals surface area contributed by atoms with Crippen molar-refractivity contribution in [3.8, 4) is 11.3 Å². The van der Waals surface area contributed by atoms with Crippen LogP contribution in [-0.2, 0) is 0 Å². The Morgan fingerprint density at radius 1 is 1.07 bits per heavy atom. The number of hydrogen-bond acceptors (Lipinski definition) is 3. The van der Waals surface area contributed by atoms with Crippen molar-refractivity contribution in [1.82, 2.24) is 4.37 Å². The minimum atomic E-state index is 0.0330. The Balaban J connectivity index is 2.57. The van der Waals surface area contributed by atoms with Crippen molar-refractivity contribution in [3.63, 3.8) is 0 Å². The molecule has 2 nitrogen and oxygen atoms in total. The largest absolute Gasteiger partial charge is 0.290 e. The van der Waals surface area contributed by atoms with E-state index < -0.39 is 0 Å². The van der Waals surface area contributed by atoms with Gasteiger partial charge in [0.1, 0.15) is 0 Å². The predicted molar refractivity (Wildman–Crippen MR) is 62.5 cm³/mol. The number of benzene rings is 2. The summed E-state index contributed by atoms with van der Waals surface area (Å²) in [6.07, 6.45) is 0. The third-order valence-electron chi connectivity index (χ3n) is 2.39. The Bertz CT molecular complexity index is 659. The highest BCUT2D eigenvalue weighted by Gasteiger charge is 2.07. The highest BCUT2D eigenvalue weighted by molar-refractivity contribution is 7.13. The quantitative estimate of drug-likeness (QED) is 0.537. The zero-order chi connectivity index (χ0) is 10.3. The molecule has 0 unspecified atom stereocenters. The molecule has 1 aromatic rings. The summed E-state index contributed by atoms with van der Waals surface area (Å²) in [5.74, 6) is 0. The first kappa shape index (κ1) is 8.56. The molecule has 0 radical (unpaired) electrons. The lowest BCUT2D eigenvalue weighted by atomic mass is 10.1. The van der Waals surface area contributed by atoms with Gasteiger partial charge in [0.2, 0.25) is 0 Å². The smallest absolute Gasteiger partial charge is 0.179 e. The van der Waals surface area contributed by atoms with Crippen LogP contribution in [0.1, 0.15) is 0 Å². The zero-order valence-corrected chi connectivity index (χ0v) is 8.62. The maximum Gasteiger partial charge on any atom is 0.179 e. The normalized spacial score (nSPS) is 10.9. The van der Waals surface area contributed by atoms with Gasteiger partial charge in [-0.15, -0.1) is 0 Å². The maximum absolute atomic E-state index is 11.3. The molecule has 0 saturated heterocycles. The van der Waals surface area contributed by atoms with E-state index in [-0.39, 0.29) is 5.43 Å². The summed E-state index contributed by atoms with van der Waals surface area (Å²) in [6, 6.07) is 13.0. The number of fused-ring (bicyclic) bond motifs is 3. The molecule has 0 bridgehead atoms. The molecular weight excluding hydrogens is 206 g/mol. The molecule has 1 aromatic carbocycles. The van der Waals surface area contributed by atoms with Gasteiger partial charge in [0.05, 0.1) is 10.4 Å². The molecule has 2 aliphatic rings. The molecule has 1 aliphatic carbocycles. The van der Waals surface area contributed by atoms with E-state index >= 15 is 0 Å². The van der Waals surface area contributed by atoms with E-state index in [9.17, 15) is 4.79 Å². The van der Waals surface area contributed by atoms with Crippen molar-refractivity contribution in [1.29, 1.82) is 0 Å². The van der Waals surface area contributed by atoms with Crippen LogP contribution in [0, 0.1) is 0 Å². The number of aromatic nitrogens is 1. The van der Waals surface area contributed by atoms with Crippen LogP contribution >= 0.6 is 11.5 Å². The summed E-state index contributed by atoms with van der Waals surface area (Å²) in [5, 5.41) is 1.10. The number of hydrogen-bond donors (Lipinski definition) is 0. The molecule has 1 heterocycles. The Kier molecular flexibility index (Phi) is 1.79. The van der Waals surface area contributed by atoms with E-state index in [0.717, 1.165) is 21.3 Å². The molecule has 3 heteroatoms. The van der Waals surface area contributed by atoms with Crippen LogP contribution in [0.2, 0.25) is 0 Å². The second kappa shape index (κ2) is 3.14. The van der Waals surface area contributed by atoms with E-state index in [1.165, 1.54) is 11.5 Å². The van der Waals surface area contributed by atoms with Crippen LogP contribution in [0.15, 0.2) is 47.3 Å². The average Bonchev–Trinajstić information content (AvgIpc) is 2.29. The van der Waals surface area contributed by atoms with Gasteiger partial charge in [-0.25, -0.2) is 0 Å². The van der Waals surface area contributed by atoms with Crippen LogP contribution in [0.5, 0.6) is 0 Å². The van der Waals surface area contributed by atoms with E-state index in [2.05, 4.69) is 4.37 Å². The highest BCUT2D eigenvalue weighted by atomic mass is 32.1. The summed E-state index contributed by atoms with van der Waals surface area (Å²) in [5.41, 5.74) is 1.86. The van der Waals surface area contributed by atoms with Crippen LogP contribution < -0.4 is 5.43 Å². The highest BCUT2D eigenvalue weighted by Crippen LogP contribution is 2.29. The van der Waals surface area contributed by atoms with Crippen LogP contribution in [-0.4, -0.2) is 4.37 Å². The lowest BCUT2D eigenvalue weighted by molar-refractivity contribution is 1.46. The zero-order valence-electron chi connectivity index (χ0n) is 7.81. The Morgan fingerprint density at radius 2 is 1.93 bits per heavy atom. The molecule has 0 atom stereocenters. The summed E-state index contributed by atoms with van der Waals surface area (Å²) in [4.78, 5) is 11.3. The second-order valence-electron chi connectivity index (χ2n) is 3.36. The Hall–Kier alpha value is -1.74. The van der Waals surface area contributed by atoms with E-state index in [4.69, 9.17) is 0 Å². The fourth-order valence-electron chi connectivity index (χ4n) is 1.68. The molecule has 0 saturated carbocycles. The molecule has 0 aromatic heterocycles. The van der Waals surface area contributed by atoms with Gasteiger partial charge in [0.25, 0.3) is 0 Å². The third-order valence-corrected chi connectivity index (χ3v) is 3.23. The van der Waals surface area contributed by atoms with Gasteiger partial charge in [-0.3, -0.25) is 4.79 Å². The van der Waals surface area contributed by atoms with Gasteiger partial charge < -0.3 is 0 Å². The van der Waals surface area contributed by atoms with Crippen molar-refractivity contribution in [3.05, 3.63) is 52.7 Å². The Labute approximate surface area is 90.3 Å². The summed E-state index contributed by atoms with van der Waals surface area (Å²) < 4.78 is 5.46.